The van der Waals surface area contributed by atoms with Gasteiger partial charge in [-0.1, -0.05) is 12.2 Å². The van der Waals surface area contributed by atoms with Crippen LogP contribution in [-0.4, -0.2) is 29.0 Å². The fraction of sp³-hybridized carbons (Fsp3) is 0.364. The third kappa shape index (κ3) is 2.52. The number of nitrogen functional groups attached to an aromatic ring is 1. The number of aromatic nitrogens is 3. The molecule has 0 unspecified atom stereocenters. The average Bonchev–Trinajstić information content (AvgIpc) is 2.63. The van der Waals surface area contributed by atoms with E-state index >= 15 is 0 Å². The molecule has 0 fully saturated rings. The standard InChI is InChI=1S/C11H16N6/c1-7-5-4-6-8(7)13-10-14-9(12)15-11(16-10)17(2)3/h5-6H,4H2,1-3H3,(H3,12,13,14,15,16). The van der Waals surface area contributed by atoms with Crippen molar-refractivity contribution < 1.29 is 0 Å². The van der Waals surface area contributed by atoms with Crippen LogP contribution >= 0.6 is 0 Å². The zero-order valence-corrected chi connectivity index (χ0v) is 10.2. The van der Waals surface area contributed by atoms with Crippen molar-refractivity contribution in [1.82, 2.24) is 15.0 Å². The molecule has 0 aromatic carbocycles. The lowest BCUT2D eigenvalue weighted by Gasteiger charge is -2.12. The van der Waals surface area contributed by atoms with Gasteiger partial charge < -0.3 is 16.0 Å². The third-order valence-electron chi connectivity index (χ3n) is 2.46. The third-order valence-corrected chi connectivity index (χ3v) is 2.46. The number of nitrogens with two attached hydrogens (primary N) is 1. The van der Waals surface area contributed by atoms with Crippen LogP contribution in [0.3, 0.4) is 0 Å². The Morgan fingerprint density at radius 3 is 2.59 bits per heavy atom. The maximum absolute atomic E-state index is 5.64. The molecule has 1 heterocycles. The topological polar surface area (TPSA) is 80.0 Å². The first-order chi connectivity index (χ1) is 8.06. The van der Waals surface area contributed by atoms with Gasteiger partial charge in [-0.3, -0.25) is 0 Å². The largest absolute Gasteiger partial charge is 0.368 e. The Kier molecular flexibility index (Phi) is 2.95. The molecule has 0 bridgehead atoms. The van der Waals surface area contributed by atoms with Gasteiger partial charge in [-0.2, -0.15) is 15.0 Å². The molecule has 90 valence electrons. The van der Waals surface area contributed by atoms with E-state index in [9.17, 15) is 0 Å². The van der Waals surface area contributed by atoms with Crippen LogP contribution < -0.4 is 16.0 Å². The molecule has 0 radical (unpaired) electrons. The lowest BCUT2D eigenvalue weighted by molar-refractivity contribution is 0.966. The van der Waals surface area contributed by atoms with Crippen LogP contribution in [0.2, 0.25) is 0 Å². The van der Waals surface area contributed by atoms with Crippen molar-refractivity contribution >= 4 is 17.8 Å². The van der Waals surface area contributed by atoms with E-state index in [0.29, 0.717) is 11.9 Å². The van der Waals surface area contributed by atoms with Crippen LogP contribution in [0.5, 0.6) is 0 Å². The van der Waals surface area contributed by atoms with Crippen molar-refractivity contribution in [3.8, 4) is 0 Å². The lowest BCUT2D eigenvalue weighted by Crippen LogP contribution is -2.16. The van der Waals surface area contributed by atoms with E-state index in [-0.39, 0.29) is 5.95 Å². The van der Waals surface area contributed by atoms with Crippen LogP contribution in [0.4, 0.5) is 17.8 Å². The minimum Gasteiger partial charge on any atom is -0.368 e. The SMILES string of the molecule is CC1=CCC=C1Nc1nc(N)nc(N(C)C)n1. The predicted octanol–water partition coefficient (Wildman–Crippen LogP) is 1.17. The van der Waals surface area contributed by atoms with Gasteiger partial charge in [-0.25, -0.2) is 0 Å². The molecule has 6 heteroatoms. The van der Waals surface area contributed by atoms with Crippen molar-refractivity contribution in [2.45, 2.75) is 13.3 Å². The van der Waals surface area contributed by atoms with Crippen LogP contribution in [0, 0.1) is 0 Å². The Bertz CT molecular complexity index is 489. The molecule has 2 rings (SSSR count). The van der Waals surface area contributed by atoms with Gasteiger partial charge in [0.25, 0.3) is 0 Å². The fourth-order valence-electron chi connectivity index (χ4n) is 1.53. The monoisotopic (exact) mass is 232 g/mol. The molecule has 1 aliphatic carbocycles. The second-order valence-corrected chi connectivity index (χ2v) is 4.08. The summed E-state index contributed by atoms with van der Waals surface area (Å²) in [6.45, 7) is 2.04. The summed E-state index contributed by atoms with van der Waals surface area (Å²) in [6, 6.07) is 0. The highest BCUT2D eigenvalue weighted by Gasteiger charge is 2.10. The Morgan fingerprint density at radius 1 is 1.24 bits per heavy atom. The summed E-state index contributed by atoms with van der Waals surface area (Å²) in [7, 11) is 3.72. The van der Waals surface area contributed by atoms with E-state index in [2.05, 4.69) is 32.4 Å². The molecule has 0 saturated heterocycles. The van der Waals surface area contributed by atoms with E-state index in [1.807, 2.05) is 21.0 Å². The molecule has 3 N–H and O–H groups in total. The molecule has 0 atom stereocenters. The van der Waals surface area contributed by atoms with Crippen LogP contribution in [0.15, 0.2) is 23.4 Å². The van der Waals surface area contributed by atoms with E-state index in [0.717, 1.165) is 12.1 Å². The predicted molar refractivity (Wildman–Crippen MR) is 68.6 cm³/mol. The maximum Gasteiger partial charge on any atom is 0.233 e. The van der Waals surface area contributed by atoms with E-state index in [4.69, 9.17) is 5.73 Å². The smallest absolute Gasteiger partial charge is 0.233 e. The Labute approximate surface area is 100 Å². The number of nitrogens with one attached hydrogen (secondary N) is 1. The van der Waals surface area contributed by atoms with Gasteiger partial charge in [0.15, 0.2) is 0 Å². The van der Waals surface area contributed by atoms with E-state index in [1.165, 1.54) is 5.57 Å². The number of nitrogens with zero attached hydrogens (tertiary/aromatic N) is 4. The van der Waals surface area contributed by atoms with Crippen molar-refractivity contribution in [3.63, 3.8) is 0 Å². The van der Waals surface area contributed by atoms with Crippen LogP contribution in [0.1, 0.15) is 13.3 Å². The first-order valence-electron chi connectivity index (χ1n) is 5.39. The number of rotatable bonds is 3. The summed E-state index contributed by atoms with van der Waals surface area (Å²) in [6.07, 6.45) is 5.17. The van der Waals surface area contributed by atoms with Crippen LogP contribution in [-0.2, 0) is 0 Å². The Morgan fingerprint density at radius 2 is 2.00 bits per heavy atom. The summed E-state index contributed by atoms with van der Waals surface area (Å²) in [5.41, 5.74) is 7.86. The number of hydrogen-bond acceptors (Lipinski definition) is 6. The number of allylic oxidation sites excluding steroid dienone is 3. The lowest BCUT2D eigenvalue weighted by atomic mass is 10.3. The van der Waals surface area contributed by atoms with Crippen molar-refractivity contribution in [2.24, 2.45) is 0 Å². The minimum atomic E-state index is 0.214. The van der Waals surface area contributed by atoms with E-state index in [1.54, 1.807) is 4.90 Å². The second kappa shape index (κ2) is 4.40. The molecular formula is C11H16N6. The summed E-state index contributed by atoms with van der Waals surface area (Å²) in [5, 5.41) is 3.15. The van der Waals surface area contributed by atoms with Gasteiger partial charge in [-0.05, 0) is 18.9 Å². The van der Waals surface area contributed by atoms with Crippen molar-refractivity contribution in [2.75, 3.05) is 30.0 Å². The molecule has 1 aliphatic rings. The van der Waals surface area contributed by atoms with Gasteiger partial charge in [-0.15, -0.1) is 0 Å². The second-order valence-electron chi connectivity index (χ2n) is 4.08. The fourth-order valence-corrected chi connectivity index (χ4v) is 1.53. The molecular weight excluding hydrogens is 216 g/mol. The molecule has 17 heavy (non-hydrogen) atoms. The van der Waals surface area contributed by atoms with Crippen molar-refractivity contribution in [1.29, 1.82) is 0 Å². The van der Waals surface area contributed by atoms with Gasteiger partial charge in [0.05, 0.1) is 0 Å². The van der Waals surface area contributed by atoms with Gasteiger partial charge >= 0.3 is 0 Å². The summed E-state index contributed by atoms with van der Waals surface area (Å²) < 4.78 is 0. The Balaban J connectivity index is 2.24. The highest BCUT2D eigenvalue weighted by atomic mass is 15.3. The molecule has 1 aromatic rings. The molecule has 0 amide bonds. The molecule has 1 aromatic heterocycles. The average molecular weight is 232 g/mol. The number of anilines is 3. The molecule has 6 nitrogen and oxygen atoms in total. The zero-order chi connectivity index (χ0) is 12.4. The van der Waals surface area contributed by atoms with Crippen molar-refractivity contribution in [3.05, 3.63) is 23.4 Å². The van der Waals surface area contributed by atoms with Gasteiger partial charge in [0, 0.05) is 19.8 Å². The normalized spacial score (nSPS) is 14.3. The van der Waals surface area contributed by atoms with Gasteiger partial charge in [0.1, 0.15) is 0 Å². The van der Waals surface area contributed by atoms with E-state index < -0.39 is 0 Å². The quantitative estimate of drug-likeness (QED) is 0.814. The molecule has 0 saturated carbocycles. The summed E-state index contributed by atoms with van der Waals surface area (Å²) in [5.74, 6) is 1.23. The summed E-state index contributed by atoms with van der Waals surface area (Å²) in [4.78, 5) is 14.2. The summed E-state index contributed by atoms with van der Waals surface area (Å²) >= 11 is 0. The molecule has 0 aliphatic heterocycles. The minimum absolute atomic E-state index is 0.214. The maximum atomic E-state index is 5.64. The Hall–Kier alpha value is -2.11. The first-order valence-corrected chi connectivity index (χ1v) is 5.39. The van der Waals surface area contributed by atoms with Crippen LogP contribution in [0.25, 0.3) is 0 Å². The van der Waals surface area contributed by atoms with Gasteiger partial charge in [0.2, 0.25) is 17.8 Å². The first kappa shape index (κ1) is 11.4. The number of hydrogen-bond donors (Lipinski definition) is 2. The molecule has 0 spiro atoms. The highest BCUT2D eigenvalue weighted by Crippen LogP contribution is 2.20. The zero-order valence-electron chi connectivity index (χ0n) is 10.2. The highest BCUT2D eigenvalue weighted by molar-refractivity contribution is 5.50.